The van der Waals surface area contributed by atoms with Crippen LogP contribution in [-0.2, 0) is 6.42 Å². The zero-order valence-electron chi connectivity index (χ0n) is 10.8. The van der Waals surface area contributed by atoms with Crippen molar-refractivity contribution >= 4 is 17.6 Å². The number of hydrogen-bond acceptors (Lipinski definition) is 4. The third-order valence-electron chi connectivity index (χ3n) is 2.59. The molecule has 5 nitrogen and oxygen atoms in total. The van der Waals surface area contributed by atoms with E-state index in [1.807, 2.05) is 6.92 Å². The summed E-state index contributed by atoms with van der Waals surface area (Å²) in [6, 6.07) is 6.11. The molecule has 0 spiro atoms. The maximum atomic E-state index is 11.2. The van der Waals surface area contributed by atoms with Crippen LogP contribution < -0.4 is 4.74 Å². The molecule has 104 valence electrons. The van der Waals surface area contributed by atoms with Crippen molar-refractivity contribution in [1.29, 1.82) is 0 Å². The molecule has 0 amide bonds. The third-order valence-corrected chi connectivity index (χ3v) is 2.83. The lowest BCUT2D eigenvalue weighted by Gasteiger charge is -2.08. The number of aromatic carboxylic acids is 1. The highest BCUT2D eigenvalue weighted by Crippen LogP contribution is 2.27. The predicted octanol–water partition coefficient (Wildman–Crippen LogP) is 3.57. The fraction of sp³-hybridized carbons (Fsp3) is 0.214. The van der Waals surface area contributed by atoms with Crippen LogP contribution in [0.5, 0.6) is 11.6 Å². The van der Waals surface area contributed by atoms with E-state index < -0.39 is 5.97 Å². The first-order chi connectivity index (χ1) is 9.60. The van der Waals surface area contributed by atoms with Crippen LogP contribution in [0.4, 0.5) is 0 Å². The predicted molar refractivity (Wildman–Crippen MR) is 74.5 cm³/mol. The molecule has 0 fully saturated rings. The minimum atomic E-state index is -1.11. The first-order valence-corrected chi connectivity index (χ1v) is 6.49. The summed E-state index contributed by atoms with van der Waals surface area (Å²) in [7, 11) is 0. The van der Waals surface area contributed by atoms with Gasteiger partial charge in [-0.05, 0) is 24.6 Å². The molecule has 0 saturated heterocycles. The Morgan fingerprint density at radius 2 is 2.15 bits per heavy atom. The van der Waals surface area contributed by atoms with Crippen molar-refractivity contribution in [3.05, 3.63) is 46.9 Å². The highest BCUT2D eigenvalue weighted by atomic mass is 35.5. The second-order valence-electron chi connectivity index (χ2n) is 4.15. The summed E-state index contributed by atoms with van der Waals surface area (Å²) in [5.74, 6) is -0.596. The van der Waals surface area contributed by atoms with E-state index in [4.69, 9.17) is 21.4 Å². The molecule has 20 heavy (non-hydrogen) atoms. The Morgan fingerprint density at radius 3 is 2.85 bits per heavy atom. The number of nitrogens with zero attached hydrogens (tertiary/aromatic N) is 2. The van der Waals surface area contributed by atoms with E-state index in [2.05, 4.69) is 9.97 Å². The topological polar surface area (TPSA) is 72.3 Å². The molecular formula is C14H13ClN2O3. The summed E-state index contributed by atoms with van der Waals surface area (Å²) in [6.07, 6.45) is 3.17. The molecule has 0 radical (unpaired) electrons. The van der Waals surface area contributed by atoms with Gasteiger partial charge in [0.1, 0.15) is 17.6 Å². The van der Waals surface area contributed by atoms with Gasteiger partial charge in [0.2, 0.25) is 5.88 Å². The number of aryl methyl sites for hydroxylation is 1. The molecule has 2 aromatic rings. The molecule has 1 heterocycles. The lowest BCUT2D eigenvalue weighted by molar-refractivity contribution is 0.0694. The quantitative estimate of drug-likeness (QED) is 0.912. The van der Waals surface area contributed by atoms with E-state index in [9.17, 15) is 4.79 Å². The smallest absolute Gasteiger partial charge is 0.339 e. The van der Waals surface area contributed by atoms with Gasteiger partial charge in [0.25, 0.3) is 0 Å². The van der Waals surface area contributed by atoms with Crippen molar-refractivity contribution in [1.82, 2.24) is 9.97 Å². The lowest BCUT2D eigenvalue weighted by atomic mass is 10.2. The fourth-order valence-corrected chi connectivity index (χ4v) is 1.87. The van der Waals surface area contributed by atoms with Crippen molar-refractivity contribution in [3.8, 4) is 11.6 Å². The zero-order chi connectivity index (χ0) is 14.5. The first kappa shape index (κ1) is 14.3. The average Bonchev–Trinajstić information content (AvgIpc) is 2.41. The monoisotopic (exact) mass is 292 g/mol. The number of ether oxygens (including phenoxy) is 1. The molecule has 0 atom stereocenters. The van der Waals surface area contributed by atoms with Gasteiger partial charge in [0.05, 0.1) is 0 Å². The number of hydrogen-bond donors (Lipinski definition) is 1. The number of halogens is 1. The summed E-state index contributed by atoms with van der Waals surface area (Å²) in [5.41, 5.74) is 0.844. The van der Waals surface area contributed by atoms with Crippen LogP contribution in [0.15, 0.2) is 30.6 Å². The maximum Gasteiger partial charge on any atom is 0.339 e. The summed E-state index contributed by atoms with van der Waals surface area (Å²) in [4.78, 5) is 19.3. The van der Waals surface area contributed by atoms with Crippen molar-refractivity contribution in [3.63, 3.8) is 0 Å². The van der Waals surface area contributed by atoms with Gasteiger partial charge in [-0.15, -0.1) is 0 Å². The zero-order valence-corrected chi connectivity index (χ0v) is 11.6. The van der Waals surface area contributed by atoms with Gasteiger partial charge in [-0.2, -0.15) is 0 Å². The Morgan fingerprint density at radius 1 is 1.35 bits per heavy atom. The normalized spacial score (nSPS) is 10.3. The largest absolute Gasteiger partial charge is 0.478 e. The Balaban J connectivity index is 2.30. The first-order valence-electron chi connectivity index (χ1n) is 6.11. The number of carboxylic acid groups (broad SMARTS) is 1. The van der Waals surface area contributed by atoms with E-state index in [0.29, 0.717) is 10.9 Å². The van der Waals surface area contributed by atoms with E-state index in [1.54, 1.807) is 12.1 Å². The van der Waals surface area contributed by atoms with Crippen LogP contribution in [0.3, 0.4) is 0 Å². The van der Waals surface area contributed by atoms with Gasteiger partial charge in [-0.3, -0.25) is 0 Å². The van der Waals surface area contributed by atoms with E-state index in [-0.39, 0.29) is 11.3 Å². The Bertz CT molecular complexity index is 632. The van der Waals surface area contributed by atoms with Crippen LogP contribution in [0.1, 0.15) is 29.4 Å². The lowest BCUT2D eigenvalue weighted by Crippen LogP contribution is -2.01. The van der Waals surface area contributed by atoms with E-state index >= 15 is 0 Å². The Labute approximate surface area is 121 Å². The van der Waals surface area contributed by atoms with Crippen LogP contribution in [-0.4, -0.2) is 21.0 Å². The molecule has 0 aliphatic carbocycles. The van der Waals surface area contributed by atoms with Crippen LogP contribution >= 0.6 is 11.6 Å². The van der Waals surface area contributed by atoms with Crippen LogP contribution in [0.2, 0.25) is 5.02 Å². The molecule has 1 aromatic heterocycles. The van der Waals surface area contributed by atoms with E-state index in [0.717, 1.165) is 18.5 Å². The number of carboxylic acids is 1. The Kier molecular flexibility index (Phi) is 4.53. The second-order valence-corrected chi connectivity index (χ2v) is 4.58. The molecular weight excluding hydrogens is 280 g/mol. The summed E-state index contributed by atoms with van der Waals surface area (Å²) in [6.45, 7) is 2.05. The third kappa shape index (κ3) is 3.45. The number of aromatic nitrogens is 2. The van der Waals surface area contributed by atoms with Crippen LogP contribution in [0, 0.1) is 0 Å². The molecule has 0 saturated carbocycles. The highest BCUT2D eigenvalue weighted by molar-refractivity contribution is 6.31. The fourth-order valence-electron chi connectivity index (χ4n) is 1.70. The van der Waals surface area contributed by atoms with Crippen LogP contribution in [0.25, 0.3) is 0 Å². The minimum absolute atomic E-state index is 0.00634. The van der Waals surface area contributed by atoms with Crippen molar-refractivity contribution in [2.45, 2.75) is 19.8 Å². The number of rotatable bonds is 5. The van der Waals surface area contributed by atoms with E-state index in [1.165, 1.54) is 18.5 Å². The van der Waals surface area contributed by atoms with Gasteiger partial charge < -0.3 is 9.84 Å². The van der Waals surface area contributed by atoms with Crippen molar-refractivity contribution in [2.24, 2.45) is 0 Å². The summed E-state index contributed by atoms with van der Waals surface area (Å²) >= 11 is 5.79. The second kappa shape index (κ2) is 6.34. The summed E-state index contributed by atoms with van der Waals surface area (Å²) in [5, 5.41) is 9.47. The van der Waals surface area contributed by atoms with Gasteiger partial charge in [0, 0.05) is 16.8 Å². The van der Waals surface area contributed by atoms with Gasteiger partial charge >= 0.3 is 5.97 Å². The molecule has 0 aliphatic heterocycles. The van der Waals surface area contributed by atoms with Crippen molar-refractivity contribution in [2.75, 3.05) is 0 Å². The molecule has 0 bridgehead atoms. The summed E-state index contributed by atoms with van der Waals surface area (Å²) < 4.78 is 5.52. The van der Waals surface area contributed by atoms with Gasteiger partial charge in [-0.25, -0.2) is 14.8 Å². The molecule has 2 rings (SSSR count). The average molecular weight is 293 g/mol. The Hall–Kier alpha value is -2.14. The van der Waals surface area contributed by atoms with Gasteiger partial charge in [0.15, 0.2) is 0 Å². The maximum absolute atomic E-state index is 11.2. The molecule has 1 aromatic carbocycles. The molecule has 6 heteroatoms. The standard InChI is InChI=1S/C14H13ClN2O3/c1-2-3-10-7-13(17-8-16-10)20-12-5-4-9(15)6-11(12)14(18)19/h4-8H,2-3H2,1H3,(H,18,19). The van der Waals surface area contributed by atoms with Crippen molar-refractivity contribution < 1.29 is 14.6 Å². The SMILES string of the molecule is CCCc1cc(Oc2ccc(Cl)cc2C(=O)O)ncn1. The van der Waals surface area contributed by atoms with Gasteiger partial charge in [-0.1, -0.05) is 24.9 Å². The molecule has 0 aliphatic rings. The molecule has 0 unspecified atom stereocenters. The minimum Gasteiger partial charge on any atom is -0.478 e. The number of benzene rings is 1. The molecule has 1 N–H and O–H groups in total. The number of carbonyl (C=O) groups is 1. The highest BCUT2D eigenvalue weighted by Gasteiger charge is 2.13.